The highest BCUT2D eigenvalue weighted by Crippen LogP contribution is 2.38. The molecule has 0 saturated carbocycles. The number of nitrogens with zero attached hydrogens (tertiary/aromatic N) is 3. The molecule has 0 fully saturated rings. The van der Waals surface area contributed by atoms with Crippen molar-refractivity contribution in [2.24, 2.45) is 5.92 Å². The summed E-state index contributed by atoms with van der Waals surface area (Å²) in [5.74, 6) is 1.76. The van der Waals surface area contributed by atoms with E-state index in [4.69, 9.17) is 9.47 Å². The maximum absolute atomic E-state index is 13.6. The average Bonchev–Trinajstić information content (AvgIpc) is 3.29. The minimum absolute atomic E-state index is 0.0850. The zero-order chi connectivity index (χ0) is 25.2. The van der Waals surface area contributed by atoms with Crippen LogP contribution in [0.4, 0.5) is 10.8 Å². The Bertz CT molecular complexity index is 1310. The van der Waals surface area contributed by atoms with Gasteiger partial charge in [-0.3, -0.25) is 14.4 Å². The Morgan fingerprint density at radius 2 is 2.00 bits per heavy atom. The Hall–Kier alpha value is -2.83. The zero-order valence-electron chi connectivity index (χ0n) is 19.7. The molecule has 0 aliphatic carbocycles. The molecule has 0 spiro atoms. The van der Waals surface area contributed by atoms with Gasteiger partial charge in [0.2, 0.25) is 5.13 Å². The number of thioether (sulfide) groups is 1. The molecule has 1 N–H and O–H groups in total. The Morgan fingerprint density at radius 1 is 1.26 bits per heavy atom. The van der Waals surface area contributed by atoms with Gasteiger partial charge in [-0.25, -0.2) is 8.42 Å². The molecule has 1 aromatic heterocycles. The predicted molar refractivity (Wildman–Crippen MR) is 137 cm³/mol. The molecule has 1 atom stereocenters. The molecule has 1 aliphatic heterocycles. The molecule has 3 aromatic rings. The lowest BCUT2D eigenvalue weighted by atomic mass is 10.1. The molecule has 2 heterocycles. The topological polar surface area (TPSA) is 111 Å². The number of hydrogen-bond donors (Lipinski definition) is 1. The molecule has 1 aliphatic rings. The number of hydrogen-bond acceptors (Lipinski definition) is 9. The van der Waals surface area contributed by atoms with Crippen LogP contribution in [0.5, 0.6) is 11.5 Å². The van der Waals surface area contributed by atoms with E-state index >= 15 is 0 Å². The van der Waals surface area contributed by atoms with Gasteiger partial charge >= 0.3 is 0 Å². The van der Waals surface area contributed by atoms with Crippen molar-refractivity contribution in [1.82, 2.24) is 10.2 Å². The van der Waals surface area contributed by atoms with Crippen LogP contribution in [-0.4, -0.2) is 50.0 Å². The largest absolute Gasteiger partial charge is 0.497 e. The number of fused-ring (bicyclic) bond motifs is 1. The molecule has 0 saturated heterocycles. The summed E-state index contributed by atoms with van der Waals surface area (Å²) in [5, 5.41) is 11.2. The number of carbonyl (C=O) groups excluding carboxylic acids is 1. The van der Waals surface area contributed by atoms with Crippen LogP contribution in [0.15, 0.2) is 51.7 Å². The van der Waals surface area contributed by atoms with Crippen molar-refractivity contribution in [3.8, 4) is 11.5 Å². The van der Waals surface area contributed by atoms with Gasteiger partial charge in [0.1, 0.15) is 11.5 Å². The number of ether oxygens (including phenoxy) is 2. The van der Waals surface area contributed by atoms with E-state index in [1.54, 1.807) is 42.1 Å². The van der Waals surface area contributed by atoms with Crippen molar-refractivity contribution < 1.29 is 22.7 Å². The number of amides is 1. The molecule has 4 rings (SSSR count). The second kappa shape index (κ2) is 10.4. The summed E-state index contributed by atoms with van der Waals surface area (Å²) < 4.78 is 40.2. The minimum Gasteiger partial charge on any atom is -0.497 e. The average molecular weight is 535 g/mol. The zero-order valence-corrected chi connectivity index (χ0v) is 22.2. The summed E-state index contributed by atoms with van der Waals surface area (Å²) in [6.07, 6.45) is -1.08. The first kappa shape index (κ1) is 25.3. The van der Waals surface area contributed by atoms with E-state index in [0.29, 0.717) is 28.2 Å². The van der Waals surface area contributed by atoms with E-state index in [1.165, 1.54) is 34.9 Å². The first-order chi connectivity index (χ1) is 16.7. The van der Waals surface area contributed by atoms with Crippen molar-refractivity contribution in [1.29, 1.82) is 0 Å². The van der Waals surface area contributed by atoms with Crippen molar-refractivity contribution >= 4 is 49.8 Å². The lowest BCUT2D eigenvalue weighted by Gasteiger charge is -2.34. The predicted octanol–water partition coefficient (Wildman–Crippen LogP) is 4.20. The Morgan fingerprint density at radius 3 is 2.69 bits per heavy atom. The number of nitrogens with one attached hydrogen (secondary N) is 1. The van der Waals surface area contributed by atoms with Crippen LogP contribution < -0.4 is 19.1 Å². The van der Waals surface area contributed by atoms with Crippen molar-refractivity contribution in [3.63, 3.8) is 0 Å². The van der Waals surface area contributed by atoms with E-state index < -0.39 is 22.0 Å². The first-order valence-electron chi connectivity index (χ1n) is 10.9. The minimum atomic E-state index is -3.97. The number of benzene rings is 2. The maximum Gasteiger partial charge on any atom is 0.269 e. The van der Waals surface area contributed by atoms with Crippen LogP contribution in [0, 0.1) is 12.8 Å². The van der Waals surface area contributed by atoms with E-state index in [2.05, 4.69) is 29.4 Å². The van der Waals surface area contributed by atoms with E-state index in [9.17, 15) is 13.2 Å². The van der Waals surface area contributed by atoms with Crippen molar-refractivity contribution in [3.05, 3.63) is 48.0 Å². The van der Waals surface area contributed by atoms with Gasteiger partial charge in [-0.2, -0.15) is 0 Å². The second-order valence-electron chi connectivity index (χ2n) is 8.36. The third-order valence-corrected chi connectivity index (χ3v) is 9.29. The van der Waals surface area contributed by atoms with Crippen molar-refractivity contribution in [2.75, 3.05) is 29.0 Å². The highest BCUT2D eigenvalue weighted by atomic mass is 32.2. The number of methoxy groups -OCH3 is 1. The monoisotopic (exact) mass is 534 g/mol. The van der Waals surface area contributed by atoms with Crippen LogP contribution in [0.3, 0.4) is 0 Å². The van der Waals surface area contributed by atoms with Crippen molar-refractivity contribution in [2.45, 2.75) is 36.1 Å². The summed E-state index contributed by atoms with van der Waals surface area (Å²) >= 11 is 2.85. The van der Waals surface area contributed by atoms with Crippen LogP contribution in [-0.2, 0) is 14.8 Å². The number of aryl methyl sites for hydroxylation is 1. The van der Waals surface area contributed by atoms with Crippen LogP contribution >= 0.6 is 23.1 Å². The molecule has 0 unspecified atom stereocenters. The highest BCUT2D eigenvalue weighted by molar-refractivity contribution is 8.01. The number of sulfonamides is 1. The summed E-state index contributed by atoms with van der Waals surface area (Å²) in [6, 6.07) is 11.3. The molecule has 35 heavy (non-hydrogen) atoms. The van der Waals surface area contributed by atoms with E-state index in [0.717, 1.165) is 15.7 Å². The molecular weight excluding hydrogens is 508 g/mol. The Labute approximate surface area is 212 Å². The number of aromatic nitrogens is 2. The second-order valence-corrected chi connectivity index (χ2v) is 12.5. The lowest BCUT2D eigenvalue weighted by molar-refractivity contribution is -0.122. The Balaban J connectivity index is 1.59. The van der Waals surface area contributed by atoms with Crippen LogP contribution in [0.1, 0.15) is 19.4 Å². The number of carbonyl (C=O) groups is 1. The smallest absolute Gasteiger partial charge is 0.269 e. The molecule has 0 bridgehead atoms. The van der Waals surface area contributed by atoms with E-state index in [-0.39, 0.29) is 11.4 Å². The fourth-order valence-electron chi connectivity index (χ4n) is 3.34. The molecule has 0 radical (unpaired) electrons. The number of anilines is 2. The summed E-state index contributed by atoms with van der Waals surface area (Å²) in [4.78, 5) is 13.2. The SMILES string of the molecule is COc1ccc(S(=O)(=O)N2C[C@H](C(=O)Nc3nnc(SCC(C)C)s3)Oc3cc(C)ccc32)cc1. The van der Waals surface area contributed by atoms with E-state index in [1.807, 2.05) is 6.92 Å². The lowest BCUT2D eigenvalue weighted by Crippen LogP contribution is -2.48. The number of rotatable bonds is 8. The molecule has 2 aromatic carbocycles. The maximum atomic E-state index is 13.6. The Kier molecular flexibility index (Phi) is 7.53. The fourth-order valence-corrected chi connectivity index (χ4v) is 6.55. The van der Waals surface area contributed by atoms with Crippen LogP contribution in [0.25, 0.3) is 0 Å². The highest BCUT2D eigenvalue weighted by Gasteiger charge is 2.38. The van der Waals surface area contributed by atoms with Gasteiger partial charge in [0.25, 0.3) is 15.9 Å². The van der Waals surface area contributed by atoms with Crippen LogP contribution in [0.2, 0.25) is 0 Å². The molecule has 1 amide bonds. The van der Waals surface area contributed by atoms with Gasteiger partial charge in [-0.05, 0) is 54.8 Å². The molecule has 186 valence electrons. The van der Waals surface area contributed by atoms with Gasteiger partial charge in [0.05, 0.1) is 24.2 Å². The van der Waals surface area contributed by atoms with Gasteiger partial charge in [-0.1, -0.05) is 43.0 Å². The molecule has 9 nitrogen and oxygen atoms in total. The molecular formula is C23H26N4O5S3. The summed E-state index contributed by atoms with van der Waals surface area (Å²) in [5.41, 5.74) is 1.25. The normalized spacial score (nSPS) is 15.5. The standard InChI is InChI=1S/C23H26N4O5S3/c1-14(2)13-33-23-26-25-22(34-23)24-21(28)20-12-27(18-10-5-15(3)11-19(18)32-20)35(29,30)17-8-6-16(31-4)7-9-17/h5-11,14,20H,12-13H2,1-4H3,(H,24,25,28)/t20-/m1/s1. The summed E-state index contributed by atoms with van der Waals surface area (Å²) in [7, 11) is -2.46. The fraction of sp³-hybridized carbons (Fsp3) is 0.348. The van der Waals surface area contributed by atoms with Gasteiger partial charge in [0, 0.05) is 5.75 Å². The van der Waals surface area contributed by atoms with Gasteiger partial charge < -0.3 is 9.47 Å². The quantitative estimate of drug-likeness (QED) is 0.338. The third kappa shape index (κ3) is 5.71. The third-order valence-electron chi connectivity index (χ3n) is 5.10. The van der Waals surface area contributed by atoms with Gasteiger partial charge in [-0.15, -0.1) is 10.2 Å². The molecule has 12 heteroatoms. The summed E-state index contributed by atoms with van der Waals surface area (Å²) in [6.45, 7) is 5.90. The van der Waals surface area contributed by atoms with Gasteiger partial charge in [0.15, 0.2) is 10.4 Å². The first-order valence-corrected chi connectivity index (χ1v) is 14.1.